The van der Waals surface area contributed by atoms with E-state index in [2.05, 4.69) is 20.8 Å². The maximum atomic E-state index is 12.0. The molecular formula is C11H6Cl2N4O3. The molecule has 1 aliphatic rings. The first-order chi connectivity index (χ1) is 9.49. The highest BCUT2D eigenvalue weighted by atomic mass is 35.5. The molecular weight excluding hydrogens is 307 g/mol. The summed E-state index contributed by atoms with van der Waals surface area (Å²) >= 11 is 12.2. The van der Waals surface area contributed by atoms with Gasteiger partial charge < -0.3 is 10.1 Å². The summed E-state index contributed by atoms with van der Waals surface area (Å²) in [6.45, 7) is 0. The van der Waals surface area contributed by atoms with Gasteiger partial charge in [-0.15, -0.1) is 0 Å². The molecule has 2 aromatic rings. The quantitative estimate of drug-likeness (QED) is 0.650. The molecule has 1 aliphatic heterocycles. The predicted octanol–water partition coefficient (Wildman–Crippen LogP) is 2.64. The first-order valence-corrected chi connectivity index (χ1v) is 6.11. The van der Waals surface area contributed by atoms with Gasteiger partial charge in [0.2, 0.25) is 0 Å². The van der Waals surface area contributed by atoms with Crippen LogP contribution in [0, 0.1) is 0 Å². The fraction of sp³-hybridized carbons (Fsp3) is 0. The number of aromatic nitrogens is 1. The van der Waals surface area contributed by atoms with Crippen molar-refractivity contribution in [3.8, 4) is 0 Å². The number of H-pyrrole nitrogens is 1. The monoisotopic (exact) mass is 312 g/mol. The smallest absolute Gasteiger partial charge is 0.409 e. The highest BCUT2D eigenvalue weighted by Crippen LogP contribution is 2.38. The Labute approximate surface area is 121 Å². The molecule has 2 amide bonds. The van der Waals surface area contributed by atoms with E-state index in [0.29, 0.717) is 16.5 Å². The van der Waals surface area contributed by atoms with Crippen LogP contribution in [0.4, 0.5) is 10.5 Å². The number of amides is 2. The number of hydrazone groups is 1. The summed E-state index contributed by atoms with van der Waals surface area (Å²) < 4.78 is 0. The van der Waals surface area contributed by atoms with Gasteiger partial charge in [0.1, 0.15) is 5.15 Å². The number of nitrogens with one attached hydrogen (secondary N) is 3. The lowest BCUT2D eigenvalue weighted by Gasteiger charge is -2.08. The number of hydrogen-bond acceptors (Lipinski definition) is 3. The van der Waals surface area contributed by atoms with Gasteiger partial charge in [-0.1, -0.05) is 23.2 Å². The molecule has 0 bridgehead atoms. The Hall–Kier alpha value is -2.25. The number of nitrogens with zero attached hydrogens (tertiary/aromatic N) is 1. The predicted molar refractivity (Wildman–Crippen MR) is 75.0 cm³/mol. The van der Waals surface area contributed by atoms with Crippen LogP contribution in [-0.2, 0) is 0 Å². The van der Waals surface area contributed by atoms with Gasteiger partial charge in [-0.3, -0.25) is 10.1 Å². The number of carbonyl (C=O) groups excluding carboxylic acids is 1. The van der Waals surface area contributed by atoms with Crippen molar-refractivity contribution in [1.29, 1.82) is 0 Å². The fourth-order valence-electron chi connectivity index (χ4n) is 2.07. The minimum absolute atomic E-state index is 0.0863. The molecule has 0 saturated carbocycles. The first kappa shape index (κ1) is 12.8. The topological polar surface area (TPSA) is 107 Å². The molecule has 3 rings (SSSR count). The average Bonchev–Trinajstić information content (AvgIpc) is 2.60. The van der Waals surface area contributed by atoms with Crippen LogP contribution in [0.3, 0.4) is 0 Å². The standard InChI is InChI=1S/C11H6Cl2N4O3/c12-7-5(15-11(19)20)1-3-6-4(2-14-17-10(3)18)9(13)16-8(6)7/h1-2,15-16H,(H,17,18)(H,19,20). The van der Waals surface area contributed by atoms with Crippen LogP contribution < -0.4 is 10.7 Å². The minimum atomic E-state index is -1.29. The van der Waals surface area contributed by atoms with Crippen molar-refractivity contribution >= 4 is 58.0 Å². The SMILES string of the molecule is O=C(O)Nc1cc2c3c(c(Cl)[nH]c3c1Cl)C=NNC2=O. The van der Waals surface area contributed by atoms with Crippen LogP contribution >= 0.6 is 23.2 Å². The molecule has 1 aromatic carbocycles. The molecule has 0 radical (unpaired) electrons. The maximum Gasteiger partial charge on any atom is 0.409 e. The molecule has 1 aromatic heterocycles. The summed E-state index contributed by atoms with van der Waals surface area (Å²) in [6.07, 6.45) is 0.109. The van der Waals surface area contributed by atoms with Crippen LogP contribution in [0.2, 0.25) is 10.2 Å². The molecule has 4 N–H and O–H groups in total. The van der Waals surface area contributed by atoms with E-state index in [9.17, 15) is 9.59 Å². The number of rotatable bonds is 1. The Bertz CT molecular complexity index is 797. The fourth-order valence-corrected chi connectivity index (χ4v) is 2.55. The van der Waals surface area contributed by atoms with E-state index < -0.39 is 12.0 Å². The van der Waals surface area contributed by atoms with Crippen molar-refractivity contribution in [1.82, 2.24) is 10.4 Å². The van der Waals surface area contributed by atoms with Crippen LogP contribution in [-0.4, -0.2) is 28.3 Å². The number of hydrogen-bond donors (Lipinski definition) is 4. The zero-order valence-corrected chi connectivity index (χ0v) is 11.1. The third-order valence-corrected chi connectivity index (χ3v) is 3.54. The van der Waals surface area contributed by atoms with E-state index in [1.165, 1.54) is 12.3 Å². The molecule has 7 nitrogen and oxygen atoms in total. The summed E-state index contributed by atoms with van der Waals surface area (Å²) in [6, 6.07) is 1.34. The van der Waals surface area contributed by atoms with Gasteiger partial charge in [-0.25, -0.2) is 10.2 Å². The van der Waals surface area contributed by atoms with Crippen LogP contribution in [0.1, 0.15) is 15.9 Å². The minimum Gasteiger partial charge on any atom is -0.465 e. The molecule has 2 heterocycles. The highest BCUT2D eigenvalue weighted by molar-refractivity contribution is 6.41. The molecule has 9 heteroatoms. The van der Waals surface area contributed by atoms with Crippen LogP contribution in [0.25, 0.3) is 10.9 Å². The first-order valence-electron chi connectivity index (χ1n) is 5.36. The maximum absolute atomic E-state index is 12.0. The Morgan fingerprint density at radius 1 is 1.40 bits per heavy atom. The summed E-state index contributed by atoms with van der Waals surface area (Å²) in [7, 11) is 0. The van der Waals surface area contributed by atoms with Gasteiger partial charge in [-0.05, 0) is 6.07 Å². The Morgan fingerprint density at radius 2 is 2.15 bits per heavy atom. The molecule has 20 heavy (non-hydrogen) atoms. The highest BCUT2D eigenvalue weighted by Gasteiger charge is 2.24. The number of carbonyl (C=O) groups is 2. The van der Waals surface area contributed by atoms with E-state index >= 15 is 0 Å². The second-order valence-corrected chi connectivity index (χ2v) is 4.77. The van der Waals surface area contributed by atoms with Gasteiger partial charge in [0.15, 0.2) is 0 Å². The van der Waals surface area contributed by atoms with Gasteiger partial charge in [0, 0.05) is 10.9 Å². The Balaban J connectivity index is 2.40. The molecule has 0 unspecified atom stereocenters. The van der Waals surface area contributed by atoms with Crippen molar-refractivity contribution in [2.75, 3.05) is 5.32 Å². The van der Waals surface area contributed by atoms with Gasteiger partial charge >= 0.3 is 6.09 Å². The largest absolute Gasteiger partial charge is 0.465 e. The van der Waals surface area contributed by atoms with Crippen molar-refractivity contribution < 1.29 is 14.7 Å². The summed E-state index contributed by atoms with van der Waals surface area (Å²) in [5.41, 5.74) is 3.50. The molecule has 0 saturated heterocycles. The van der Waals surface area contributed by atoms with Crippen LogP contribution in [0.15, 0.2) is 11.2 Å². The number of benzene rings is 1. The third-order valence-electron chi connectivity index (χ3n) is 2.85. The van der Waals surface area contributed by atoms with E-state index in [1.807, 2.05) is 0 Å². The van der Waals surface area contributed by atoms with Crippen molar-refractivity contribution in [3.05, 3.63) is 27.4 Å². The lowest BCUT2D eigenvalue weighted by Crippen LogP contribution is -2.17. The van der Waals surface area contributed by atoms with E-state index in [1.54, 1.807) is 0 Å². The lowest BCUT2D eigenvalue weighted by atomic mass is 10.1. The average molecular weight is 313 g/mol. The van der Waals surface area contributed by atoms with E-state index in [-0.39, 0.29) is 21.4 Å². The summed E-state index contributed by atoms with van der Waals surface area (Å²) in [4.78, 5) is 25.5. The second kappa shape index (κ2) is 4.39. The summed E-state index contributed by atoms with van der Waals surface area (Å²) in [5.74, 6) is -0.481. The number of anilines is 1. The van der Waals surface area contributed by atoms with E-state index in [0.717, 1.165) is 0 Å². The molecule has 0 fully saturated rings. The number of aromatic amines is 1. The Kier molecular flexibility index (Phi) is 2.81. The summed E-state index contributed by atoms with van der Waals surface area (Å²) in [5, 5.41) is 15.5. The number of carboxylic acid groups (broad SMARTS) is 1. The van der Waals surface area contributed by atoms with Crippen molar-refractivity contribution in [2.45, 2.75) is 0 Å². The Morgan fingerprint density at radius 3 is 2.85 bits per heavy atom. The van der Waals surface area contributed by atoms with Crippen molar-refractivity contribution in [3.63, 3.8) is 0 Å². The zero-order chi connectivity index (χ0) is 14.4. The molecule has 0 atom stereocenters. The van der Waals surface area contributed by atoms with Gasteiger partial charge in [0.05, 0.1) is 28.0 Å². The third kappa shape index (κ3) is 1.79. The number of halogens is 2. The lowest BCUT2D eigenvalue weighted by molar-refractivity contribution is 0.0957. The van der Waals surface area contributed by atoms with Crippen molar-refractivity contribution in [2.24, 2.45) is 5.10 Å². The molecule has 102 valence electrons. The van der Waals surface area contributed by atoms with E-state index in [4.69, 9.17) is 28.3 Å². The normalized spacial score (nSPS) is 13.2. The molecule has 0 spiro atoms. The van der Waals surface area contributed by atoms with Gasteiger partial charge in [0.25, 0.3) is 5.91 Å². The second-order valence-electron chi connectivity index (χ2n) is 4.02. The molecule has 0 aliphatic carbocycles. The van der Waals surface area contributed by atoms with Crippen LogP contribution in [0.5, 0.6) is 0 Å². The van der Waals surface area contributed by atoms with Gasteiger partial charge in [-0.2, -0.15) is 5.10 Å². The zero-order valence-electron chi connectivity index (χ0n) is 9.62.